The van der Waals surface area contributed by atoms with Gasteiger partial charge in [-0.15, -0.1) is 0 Å². The van der Waals surface area contributed by atoms with Crippen molar-refractivity contribution in [1.29, 1.82) is 0 Å². The smallest absolute Gasteiger partial charge is 0.273 e. The highest BCUT2D eigenvalue weighted by Gasteiger charge is 2.43. The van der Waals surface area contributed by atoms with Gasteiger partial charge in [0, 0.05) is 12.0 Å². The van der Waals surface area contributed by atoms with Crippen molar-refractivity contribution in [2.75, 3.05) is 0 Å². The van der Waals surface area contributed by atoms with Crippen molar-refractivity contribution in [2.45, 2.75) is 12.3 Å². The van der Waals surface area contributed by atoms with E-state index >= 15 is 0 Å². The third kappa shape index (κ3) is 3.42. The quantitative estimate of drug-likeness (QED) is 0.523. The van der Waals surface area contributed by atoms with Crippen molar-refractivity contribution in [2.24, 2.45) is 11.0 Å². The van der Waals surface area contributed by atoms with Crippen LogP contribution in [0.15, 0.2) is 59.7 Å². The van der Waals surface area contributed by atoms with E-state index in [-0.39, 0.29) is 23.4 Å². The normalized spacial score (nSPS) is 19.5. The Morgan fingerprint density at radius 2 is 1.87 bits per heavy atom. The number of hydrogen-bond donors (Lipinski definition) is 1. The lowest BCUT2D eigenvalue weighted by Gasteiger charge is -2.00. The molecule has 6 nitrogen and oxygen atoms in total. The monoisotopic (exact) mass is 309 g/mol. The van der Waals surface area contributed by atoms with E-state index in [1.54, 1.807) is 18.2 Å². The third-order valence-electron chi connectivity index (χ3n) is 3.87. The van der Waals surface area contributed by atoms with Gasteiger partial charge in [-0.3, -0.25) is 14.9 Å². The van der Waals surface area contributed by atoms with Crippen LogP contribution in [-0.4, -0.2) is 17.0 Å². The summed E-state index contributed by atoms with van der Waals surface area (Å²) in [4.78, 5) is 22.5. The standard InChI is InChI=1S/C17H15N3O3/c21-17(15-10-14(15)12-6-2-1-3-7-12)19-18-11-13-8-4-5-9-16(13)20(22)23/h1-9,11,14-15H,10H2,(H,19,21)/b18-11-/t14-,15-/m1/s1. The molecule has 0 aliphatic heterocycles. The summed E-state index contributed by atoms with van der Waals surface area (Å²) >= 11 is 0. The van der Waals surface area contributed by atoms with Crippen LogP contribution in [0.25, 0.3) is 0 Å². The van der Waals surface area contributed by atoms with Crippen LogP contribution in [0.2, 0.25) is 0 Å². The molecule has 6 heteroatoms. The molecule has 3 rings (SSSR count). The number of hydrazone groups is 1. The largest absolute Gasteiger partial charge is 0.278 e. The highest BCUT2D eigenvalue weighted by molar-refractivity contribution is 5.88. The summed E-state index contributed by atoms with van der Waals surface area (Å²) in [5.41, 5.74) is 3.93. The zero-order valence-electron chi connectivity index (χ0n) is 12.3. The van der Waals surface area contributed by atoms with Gasteiger partial charge in [-0.2, -0.15) is 5.10 Å². The fourth-order valence-electron chi connectivity index (χ4n) is 2.56. The van der Waals surface area contributed by atoms with Gasteiger partial charge in [0.25, 0.3) is 5.69 Å². The van der Waals surface area contributed by atoms with Crippen LogP contribution >= 0.6 is 0 Å². The minimum Gasteiger partial charge on any atom is -0.273 e. The summed E-state index contributed by atoms with van der Waals surface area (Å²) < 4.78 is 0. The van der Waals surface area contributed by atoms with E-state index in [1.807, 2.05) is 30.3 Å². The lowest BCUT2D eigenvalue weighted by Crippen LogP contribution is -2.20. The van der Waals surface area contributed by atoms with Gasteiger partial charge in [-0.05, 0) is 24.0 Å². The van der Waals surface area contributed by atoms with Crippen molar-refractivity contribution < 1.29 is 9.72 Å². The average molecular weight is 309 g/mol. The third-order valence-corrected chi connectivity index (χ3v) is 3.87. The Bertz CT molecular complexity index is 759. The molecule has 1 aliphatic carbocycles. The summed E-state index contributed by atoms with van der Waals surface area (Å²) in [5, 5.41) is 14.7. The van der Waals surface area contributed by atoms with Gasteiger partial charge in [0.05, 0.1) is 16.7 Å². The minimum atomic E-state index is -0.477. The van der Waals surface area contributed by atoms with E-state index in [4.69, 9.17) is 0 Å². The number of nitrogens with one attached hydrogen (secondary N) is 1. The Morgan fingerprint density at radius 3 is 2.61 bits per heavy atom. The second-order valence-corrected chi connectivity index (χ2v) is 5.41. The predicted octanol–water partition coefficient (Wildman–Crippen LogP) is 2.85. The summed E-state index contributed by atoms with van der Waals surface area (Å²) in [6.45, 7) is 0. The van der Waals surface area contributed by atoms with E-state index in [1.165, 1.54) is 12.3 Å². The molecule has 1 saturated carbocycles. The summed E-state index contributed by atoms with van der Waals surface area (Å²) in [7, 11) is 0. The predicted molar refractivity (Wildman–Crippen MR) is 86.1 cm³/mol. The molecule has 0 radical (unpaired) electrons. The van der Waals surface area contributed by atoms with Crippen molar-refractivity contribution in [1.82, 2.24) is 5.43 Å². The SMILES string of the molecule is O=C(N/N=C\c1ccccc1[N+](=O)[O-])[C@@H]1C[C@@H]1c1ccccc1. The first-order valence-corrected chi connectivity index (χ1v) is 7.28. The van der Waals surface area contributed by atoms with Gasteiger partial charge < -0.3 is 0 Å². The van der Waals surface area contributed by atoms with E-state index in [9.17, 15) is 14.9 Å². The first-order valence-electron chi connectivity index (χ1n) is 7.28. The van der Waals surface area contributed by atoms with Crippen LogP contribution in [0, 0.1) is 16.0 Å². The highest BCUT2D eigenvalue weighted by Crippen LogP contribution is 2.47. The molecular formula is C17H15N3O3. The van der Waals surface area contributed by atoms with Gasteiger partial charge in [-0.25, -0.2) is 5.43 Å². The Kier molecular flexibility index (Phi) is 4.14. The molecule has 1 N–H and O–H groups in total. The van der Waals surface area contributed by atoms with E-state index < -0.39 is 4.92 Å². The van der Waals surface area contributed by atoms with Crippen LogP contribution in [0.3, 0.4) is 0 Å². The number of para-hydroxylation sites is 1. The number of benzene rings is 2. The molecule has 0 unspecified atom stereocenters. The number of nitro benzene ring substituents is 1. The van der Waals surface area contributed by atoms with Gasteiger partial charge >= 0.3 is 0 Å². The Morgan fingerprint density at radius 1 is 1.17 bits per heavy atom. The Balaban J connectivity index is 1.59. The van der Waals surface area contributed by atoms with Crippen molar-refractivity contribution in [3.8, 4) is 0 Å². The van der Waals surface area contributed by atoms with Crippen LogP contribution in [-0.2, 0) is 4.79 Å². The maximum absolute atomic E-state index is 12.0. The topological polar surface area (TPSA) is 84.6 Å². The first kappa shape index (κ1) is 14.9. The van der Waals surface area contributed by atoms with Crippen LogP contribution in [0.5, 0.6) is 0 Å². The molecule has 23 heavy (non-hydrogen) atoms. The molecule has 2 aromatic rings. The van der Waals surface area contributed by atoms with Crippen LogP contribution in [0.4, 0.5) is 5.69 Å². The van der Waals surface area contributed by atoms with Crippen LogP contribution in [0.1, 0.15) is 23.5 Å². The fourth-order valence-corrected chi connectivity index (χ4v) is 2.56. The molecule has 0 spiro atoms. The number of rotatable bonds is 5. The molecule has 116 valence electrons. The molecule has 1 fully saturated rings. The summed E-state index contributed by atoms with van der Waals surface area (Å²) in [6, 6.07) is 16.1. The number of carbonyl (C=O) groups excluding carboxylic acids is 1. The second kappa shape index (κ2) is 6.39. The lowest BCUT2D eigenvalue weighted by molar-refractivity contribution is -0.385. The Labute approximate surface area is 133 Å². The highest BCUT2D eigenvalue weighted by atomic mass is 16.6. The van der Waals surface area contributed by atoms with Gasteiger partial charge in [0.15, 0.2) is 0 Å². The van der Waals surface area contributed by atoms with E-state index in [0.717, 1.165) is 12.0 Å². The van der Waals surface area contributed by atoms with Crippen LogP contribution < -0.4 is 5.43 Å². The lowest BCUT2D eigenvalue weighted by atomic mass is 10.1. The zero-order valence-corrected chi connectivity index (χ0v) is 12.3. The molecule has 0 saturated heterocycles. The summed E-state index contributed by atoms with van der Waals surface area (Å²) in [5.74, 6) is -0.00791. The molecule has 0 bridgehead atoms. The van der Waals surface area contributed by atoms with Gasteiger partial charge in [0.2, 0.25) is 5.91 Å². The van der Waals surface area contributed by atoms with Gasteiger partial charge in [0.1, 0.15) is 0 Å². The van der Waals surface area contributed by atoms with Crippen molar-refractivity contribution in [3.63, 3.8) is 0 Å². The number of hydrogen-bond acceptors (Lipinski definition) is 4. The summed E-state index contributed by atoms with van der Waals surface area (Å²) in [6.07, 6.45) is 2.10. The number of nitrogens with zero attached hydrogens (tertiary/aromatic N) is 2. The Hall–Kier alpha value is -3.02. The van der Waals surface area contributed by atoms with Crippen molar-refractivity contribution in [3.05, 3.63) is 75.8 Å². The molecule has 2 atom stereocenters. The molecule has 1 aliphatic rings. The minimum absolute atomic E-state index is 0.0425. The average Bonchev–Trinajstić information content (AvgIpc) is 3.36. The van der Waals surface area contributed by atoms with Gasteiger partial charge in [-0.1, -0.05) is 42.5 Å². The number of carbonyl (C=O) groups is 1. The fraction of sp³-hybridized carbons (Fsp3) is 0.176. The molecule has 0 heterocycles. The maximum Gasteiger partial charge on any atom is 0.278 e. The van der Waals surface area contributed by atoms with E-state index in [0.29, 0.717) is 5.56 Å². The molecule has 0 aromatic heterocycles. The molecule has 2 aromatic carbocycles. The van der Waals surface area contributed by atoms with E-state index in [2.05, 4.69) is 10.5 Å². The molecule has 1 amide bonds. The first-order chi connectivity index (χ1) is 11.2. The number of nitro groups is 1. The second-order valence-electron chi connectivity index (χ2n) is 5.41. The molecular weight excluding hydrogens is 294 g/mol. The number of amides is 1. The van der Waals surface area contributed by atoms with Crippen molar-refractivity contribution >= 4 is 17.8 Å². The zero-order chi connectivity index (χ0) is 16.2. The maximum atomic E-state index is 12.0.